The minimum Gasteiger partial charge on any atom is -0.370 e. The van der Waals surface area contributed by atoms with Gasteiger partial charge in [-0.2, -0.15) is 0 Å². The highest BCUT2D eigenvalue weighted by molar-refractivity contribution is 7.84. The van der Waals surface area contributed by atoms with Crippen molar-refractivity contribution in [3.8, 4) is 0 Å². The van der Waals surface area contributed by atoms with Crippen LogP contribution < -0.4 is 5.32 Å². The third-order valence-electron chi connectivity index (χ3n) is 1.50. The molecule has 0 spiro atoms. The fourth-order valence-corrected chi connectivity index (χ4v) is 1.44. The molecule has 0 bridgehead atoms. The Morgan fingerprint density at radius 1 is 1.62 bits per heavy atom. The van der Waals surface area contributed by atoms with Crippen molar-refractivity contribution in [1.29, 1.82) is 0 Å². The van der Waals surface area contributed by atoms with Gasteiger partial charge < -0.3 is 5.32 Å². The first-order chi connectivity index (χ1) is 6.29. The minimum atomic E-state index is -0.696. The van der Waals surface area contributed by atoms with Crippen LogP contribution >= 0.6 is 0 Å². The largest absolute Gasteiger partial charge is 0.370 e. The Labute approximate surface area is 80.3 Å². The molecule has 1 unspecified atom stereocenters. The molecule has 13 heavy (non-hydrogen) atoms. The van der Waals surface area contributed by atoms with Crippen LogP contribution in [-0.2, 0) is 10.8 Å². The van der Waals surface area contributed by atoms with Crippen LogP contribution in [0.5, 0.6) is 0 Å². The Kier molecular flexibility index (Phi) is 4.39. The highest BCUT2D eigenvalue weighted by Crippen LogP contribution is 1.97. The molecule has 0 aliphatic carbocycles. The van der Waals surface area contributed by atoms with Crippen LogP contribution in [0.1, 0.15) is 6.42 Å². The molecule has 0 aliphatic heterocycles. The number of nitrogens with one attached hydrogen (secondary N) is 1. The molecule has 5 heteroatoms. The predicted octanol–water partition coefficient (Wildman–Crippen LogP) is 0.657. The summed E-state index contributed by atoms with van der Waals surface area (Å²) in [5.41, 5.74) is 0. The molecular weight excluding hydrogens is 186 g/mol. The Balaban J connectivity index is 2.17. The van der Waals surface area contributed by atoms with Gasteiger partial charge >= 0.3 is 0 Å². The fourth-order valence-electron chi connectivity index (χ4n) is 0.887. The first-order valence-corrected chi connectivity index (χ1v) is 5.81. The third-order valence-corrected chi connectivity index (χ3v) is 2.36. The SMILES string of the molecule is CS(=O)CCCNc1ccncn1. The summed E-state index contributed by atoms with van der Waals surface area (Å²) in [5.74, 6) is 1.55. The smallest absolute Gasteiger partial charge is 0.129 e. The van der Waals surface area contributed by atoms with Crippen molar-refractivity contribution in [2.45, 2.75) is 6.42 Å². The van der Waals surface area contributed by atoms with Gasteiger partial charge in [0.25, 0.3) is 0 Å². The molecule has 1 atom stereocenters. The van der Waals surface area contributed by atoms with Crippen LogP contribution in [0.15, 0.2) is 18.6 Å². The van der Waals surface area contributed by atoms with Gasteiger partial charge in [0.05, 0.1) is 0 Å². The summed E-state index contributed by atoms with van der Waals surface area (Å²) in [6.45, 7) is 0.802. The quantitative estimate of drug-likeness (QED) is 0.708. The van der Waals surface area contributed by atoms with Gasteiger partial charge in [-0.25, -0.2) is 9.97 Å². The molecule has 72 valence electrons. The zero-order valence-corrected chi connectivity index (χ0v) is 8.38. The van der Waals surface area contributed by atoms with Crippen molar-refractivity contribution >= 4 is 16.6 Å². The van der Waals surface area contributed by atoms with Crippen LogP contribution in [0.3, 0.4) is 0 Å². The average Bonchev–Trinajstić information content (AvgIpc) is 2.14. The number of hydrogen-bond donors (Lipinski definition) is 1. The fraction of sp³-hybridized carbons (Fsp3) is 0.500. The summed E-state index contributed by atoms with van der Waals surface area (Å²) in [6.07, 6.45) is 5.80. The topological polar surface area (TPSA) is 54.9 Å². The van der Waals surface area contributed by atoms with Crippen LogP contribution in [0.4, 0.5) is 5.82 Å². The summed E-state index contributed by atoms with van der Waals surface area (Å²) >= 11 is 0. The molecule has 1 N–H and O–H groups in total. The summed E-state index contributed by atoms with van der Waals surface area (Å²) in [7, 11) is -0.696. The Morgan fingerprint density at radius 2 is 2.46 bits per heavy atom. The lowest BCUT2D eigenvalue weighted by atomic mass is 10.4. The average molecular weight is 199 g/mol. The van der Waals surface area contributed by atoms with Crippen molar-refractivity contribution in [2.75, 3.05) is 23.9 Å². The molecule has 0 radical (unpaired) electrons. The molecule has 0 saturated carbocycles. The lowest BCUT2D eigenvalue weighted by molar-refractivity contribution is 0.685. The van der Waals surface area contributed by atoms with Gasteiger partial charge in [-0.3, -0.25) is 4.21 Å². The minimum absolute atomic E-state index is 0.696. The molecule has 1 aromatic heterocycles. The lowest BCUT2D eigenvalue weighted by Gasteiger charge is -2.02. The maximum atomic E-state index is 10.7. The van der Waals surface area contributed by atoms with Crippen LogP contribution in [0, 0.1) is 0 Å². The molecule has 0 aliphatic rings. The Bertz CT molecular complexity index is 265. The van der Waals surface area contributed by atoms with Gasteiger partial charge in [0.15, 0.2) is 0 Å². The predicted molar refractivity (Wildman–Crippen MR) is 54.1 cm³/mol. The van der Waals surface area contributed by atoms with E-state index in [1.807, 2.05) is 6.07 Å². The van der Waals surface area contributed by atoms with E-state index >= 15 is 0 Å². The van der Waals surface area contributed by atoms with Gasteiger partial charge in [0.2, 0.25) is 0 Å². The van der Waals surface area contributed by atoms with Gasteiger partial charge in [0.1, 0.15) is 12.1 Å². The molecule has 0 saturated heterocycles. The van der Waals surface area contributed by atoms with Crippen molar-refractivity contribution in [1.82, 2.24) is 9.97 Å². The molecule has 0 fully saturated rings. The Hall–Kier alpha value is -0.970. The van der Waals surface area contributed by atoms with Crippen LogP contribution in [-0.4, -0.2) is 32.7 Å². The van der Waals surface area contributed by atoms with E-state index in [2.05, 4.69) is 15.3 Å². The van der Waals surface area contributed by atoms with E-state index in [0.29, 0.717) is 0 Å². The monoisotopic (exact) mass is 199 g/mol. The van der Waals surface area contributed by atoms with E-state index in [4.69, 9.17) is 0 Å². The van der Waals surface area contributed by atoms with E-state index in [1.165, 1.54) is 6.33 Å². The first-order valence-electron chi connectivity index (χ1n) is 4.09. The van der Waals surface area contributed by atoms with E-state index in [9.17, 15) is 4.21 Å². The molecule has 1 aromatic rings. The van der Waals surface area contributed by atoms with Gasteiger partial charge in [-0.15, -0.1) is 0 Å². The van der Waals surface area contributed by atoms with E-state index in [-0.39, 0.29) is 0 Å². The van der Waals surface area contributed by atoms with Crippen LogP contribution in [0.25, 0.3) is 0 Å². The second kappa shape index (κ2) is 5.64. The van der Waals surface area contributed by atoms with E-state index in [0.717, 1.165) is 24.5 Å². The first kappa shape index (κ1) is 10.1. The molecular formula is C8H13N3OS. The standard InChI is InChI=1S/C8H13N3OS/c1-13(12)6-2-4-10-8-3-5-9-7-11-8/h3,5,7H,2,4,6H2,1H3,(H,9,10,11). The maximum Gasteiger partial charge on any atom is 0.129 e. The second-order valence-corrected chi connectivity index (χ2v) is 4.21. The summed E-state index contributed by atoms with van der Waals surface area (Å²) in [4.78, 5) is 7.80. The third kappa shape index (κ3) is 4.57. The van der Waals surface area contributed by atoms with Gasteiger partial charge in [-0.1, -0.05) is 0 Å². The van der Waals surface area contributed by atoms with Crippen LogP contribution in [0.2, 0.25) is 0 Å². The lowest BCUT2D eigenvalue weighted by Crippen LogP contribution is -2.06. The number of anilines is 1. The number of hydrogen-bond acceptors (Lipinski definition) is 4. The van der Waals surface area contributed by atoms with E-state index in [1.54, 1.807) is 12.5 Å². The second-order valence-electron chi connectivity index (χ2n) is 2.65. The summed E-state index contributed by atoms with van der Waals surface area (Å²) < 4.78 is 10.7. The normalized spacial score (nSPS) is 12.4. The van der Waals surface area contributed by atoms with Crippen molar-refractivity contribution in [2.24, 2.45) is 0 Å². The van der Waals surface area contributed by atoms with Gasteiger partial charge in [-0.05, 0) is 12.5 Å². The van der Waals surface area contributed by atoms with Crippen molar-refractivity contribution in [3.05, 3.63) is 18.6 Å². The zero-order valence-electron chi connectivity index (χ0n) is 7.56. The highest BCUT2D eigenvalue weighted by Gasteiger charge is 1.93. The molecule has 1 rings (SSSR count). The van der Waals surface area contributed by atoms with Crippen molar-refractivity contribution in [3.63, 3.8) is 0 Å². The van der Waals surface area contributed by atoms with Crippen molar-refractivity contribution < 1.29 is 4.21 Å². The molecule has 1 heterocycles. The summed E-state index contributed by atoms with van der Waals surface area (Å²) in [6, 6.07) is 1.81. The molecule has 0 amide bonds. The molecule has 0 aromatic carbocycles. The van der Waals surface area contributed by atoms with E-state index < -0.39 is 10.8 Å². The number of rotatable bonds is 5. The number of nitrogens with zero attached hydrogens (tertiary/aromatic N) is 2. The highest BCUT2D eigenvalue weighted by atomic mass is 32.2. The Morgan fingerprint density at radius 3 is 3.08 bits per heavy atom. The summed E-state index contributed by atoms with van der Waals surface area (Å²) in [5, 5.41) is 3.11. The molecule has 4 nitrogen and oxygen atoms in total. The number of aromatic nitrogens is 2. The maximum absolute atomic E-state index is 10.7. The zero-order chi connectivity index (χ0) is 9.52. The van der Waals surface area contributed by atoms with Gasteiger partial charge in [0, 0.05) is 35.5 Å².